The zero-order chi connectivity index (χ0) is 15.5. The number of hydrogen-bond donors (Lipinski definition) is 2. The first-order valence-corrected chi connectivity index (χ1v) is 7.55. The lowest BCUT2D eigenvalue weighted by atomic mass is 10.3. The van der Waals surface area contributed by atoms with E-state index < -0.39 is 10.0 Å². The molecule has 0 bridgehead atoms. The topological polar surface area (TPSA) is 90.7 Å². The summed E-state index contributed by atoms with van der Waals surface area (Å²) >= 11 is 0. The van der Waals surface area contributed by atoms with E-state index in [0.29, 0.717) is 17.1 Å². The molecule has 2 aromatic rings. The van der Waals surface area contributed by atoms with E-state index in [2.05, 4.69) is 4.72 Å². The predicted molar refractivity (Wildman–Crippen MR) is 81.2 cm³/mol. The molecule has 0 aliphatic heterocycles. The highest BCUT2D eigenvalue weighted by atomic mass is 32.2. The minimum absolute atomic E-state index is 0.0131. The van der Waals surface area contributed by atoms with E-state index in [1.165, 1.54) is 26.4 Å². The van der Waals surface area contributed by atoms with Crippen LogP contribution in [-0.2, 0) is 10.0 Å². The summed E-state index contributed by atoms with van der Waals surface area (Å²) in [5, 5.41) is 0. The molecule has 3 N–H and O–H groups in total. The molecular weight excluding hydrogens is 292 g/mol. The third-order valence-corrected chi connectivity index (χ3v) is 4.22. The van der Waals surface area contributed by atoms with Gasteiger partial charge in [-0.25, -0.2) is 8.42 Å². The molecule has 0 aliphatic rings. The van der Waals surface area contributed by atoms with Gasteiger partial charge in [0.05, 0.1) is 14.2 Å². The summed E-state index contributed by atoms with van der Waals surface area (Å²) < 4.78 is 37.4. The predicted octanol–water partition coefficient (Wildman–Crippen LogP) is 2.09. The Kier molecular flexibility index (Phi) is 4.23. The minimum atomic E-state index is -3.79. The van der Waals surface area contributed by atoms with Crippen molar-refractivity contribution >= 4 is 21.4 Å². The van der Waals surface area contributed by atoms with Gasteiger partial charge in [-0.2, -0.15) is 0 Å². The van der Waals surface area contributed by atoms with Crippen LogP contribution < -0.4 is 19.9 Å². The van der Waals surface area contributed by atoms with Gasteiger partial charge in [0.15, 0.2) is 0 Å². The van der Waals surface area contributed by atoms with Gasteiger partial charge >= 0.3 is 0 Å². The van der Waals surface area contributed by atoms with Crippen LogP contribution in [0.3, 0.4) is 0 Å². The summed E-state index contributed by atoms with van der Waals surface area (Å²) in [4.78, 5) is -0.0131. The number of hydrogen-bond acceptors (Lipinski definition) is 5. The Hall–Kier alpha value is -2.41. The van der Waals surface area contributed by atoms with Crippen LogP contribution in [-0.4, -0.2) is 22.6 Å². The highest BCUT2D eigenvalue weighted by Crippen LogP contribution is 2.28. The third kappa shape index (κ3) is 3.38. The number of sulfonamides is 1. The number of rotatable bonds is 5. The molecule has 0 fully saturated rings. The van der Waals surface area contributed by atoms with Crippen LogP contribution >= 0.6 is 0 Å². The molecule has 21 heavy (non-hydrogen) atoms. The summed E-state index contributed by atoms with van der Waals surface area (Å²) in [5.41, 5.74) is 6.40. The maximum Gasteiger partial charge on any atom is 0.265 e. The molecule has 6 nitrogen and oxygen atoms in total. The van der Waals surface area contributed by atoms with Crippen LogP contribution in [0.1, 0.15) is 0 Å². The number of methoxy groups -OCH3 is 2. The van der Waals surface area contributed by atoms with Gasteiger partial charge < -0.3 is 15.2 Å². The van der Waals surface area contributed by atoms with Crippen LogP contribution in [0, 0.1) is 0 Å². The van der Waals surface area contributed by atoms with Gasteiger partial charge in [0, 0.05) is 11.4 Å². The van der Waals surface area contributed by atoms with Crippen LogP contribution in [0.25, 0.3) is 0 Å². The molecule has 0 heterocycles. The fourth-order valence-electron chi connectivity index (χ4n) is 1.77. The van der Waals surface area contributed by atoms with Gasteiger partial charge in [-0.05, 0) is 42.5 Å². The SMILES string of the molecule is COc1ccc(NS(=O)(=O)c2cc(N)ccc2OC)cc1. The van der Waals surface area contributed by atoms with Crippen molar-refractivity contribution in [3.8, 4) is 11.5 Å². The fraction of sp³-hybridized carbons (Fsp3) is 0.143. The van der Waals surface area contributed by atoms with Crippen molar-refractivity contribution in [3.63, 3.8) is 0 Å². The van der Waals surface area contributed by atoms with E-state index in [1.54, 1.807) is 30.3 Å². The Morgan fingerprint density at radius 2 is 1.67 bits per heavy atom. The molecule has 0 saturated heterocycles. The van der Waals surface area contributed by atoms with Crippen LogP contribution in [0.2, 0.25) is 0 Å². The molecule has 7 heteroatoms. The number of nitrogens with two attached hydrogens (primary N) is 1. The molecular formula is C14H16N2O4S. The van der Waals surface area contributed by atoms with Gasteiger partial charge in [-0.3, -0.25) is 4.72 Å². The summed E-state index contributed by atoms with van der Waals surface area (Å²) in [6.45, 7) is 0. The molecule has 0 aliphatic carbocycles. The molecule has 0 unspecified atom stereocenters. The molecule has 0 saturated carbocycles. The lowest BCUT2D eigenvalue weighted by Gasteiger charge is -2.12. The third-order valence-electron chi connectivity index (χ3n) is 2.82. The highest BCUT2D eigenvalue weighted by molar-refractivity contribution is 7.92. The van der Waals surface area contributed by atoms with Crippen molar-refractivity contribution in [1.82, 2.24) is 0 Å². The molecule has 2 rings (SSSR count). The smallest absolute Gasteiger partial charge is 0.265 e. The Balaban J connectivity index is 2.35. The van der Waals surface area contributed by atoms with Crippen molar-refractivity contribution in [3.05, 3.63) is 42.5 Å². The average Bonchev–Trinajstić information content (AvgIpc) is 2.47. The fourth-order valence-corrected chi connectivity index (χ4v) is 3.04. The highest BCUT2D eigenvalue weighted by Gasteiger charge is 2.20. The van der Waals surface area contributed by atoms with E-state index in [1.807, 2.05) is 0 Å². The van der Waals surface area contributed by atoms with Crippen LogP contribution in [0.15, 0.2) is 47.4 Å². The van der Waals surface area contributed by atoms with E-state index in [0.717, 1.165) is 0 Å². The van der Waals surface area contributed by atoms with Crippen molar-refractivity contribution in [2.24, 2.45) is 0 Å². The zero-order valence-electron chi connectivity index (χ0n) is 11.7. The largest absolute Gasteiger partial charge is 0.497 e. The van der Waals surface area contributed by atoms with Gasteiger partial charge in [0.25, 0.3) is 10.0 Å². The van der Waals surface area contributed by atoms with Crippen molar-refractivity contribution in [2.45, 2.75) is 4.90 Å². The van der Waals surface area contributed by atoms with Crippen LogP contribution in [0.4, 0.5) is 11.4 Å². The van der Waals surface area contributed by atoms with Gasteiger partial charge in [0.2, 0.25) is 0 Å². The Morgan fingerprint density at radius 3 is 2.24 bits per heavy atom. The quantitative estimate of drug-likeness (QED) is 0.825. The molecule has 0 amide bonds. The van der Waals surface area contributed by atoms with Gasteiger partial charge in [-0.1, -0.05) is 0 Å². The number of nitrogen functional groups attached to an aromatic ring is 1. The summed E-state index contributed by atoms with van der Waals surface area (Å²) in [6, 6.07) is 11.0. The molecule has 2 aromatic carbocycles. The molecule has 112 valence electrons. The standard InChI is InChI=1S/C14H16N2O4S/c1-19-12-6-4-11(5-7-12)16-21(17,18)14-9-10(15)3-8-13(14)20-2/h3-9,16H,15H2,1-2H3. The van der Waals surface area contributed by atoms with Gasteiger partial charge in [-0.15, -0.1) is 0 Å². The normalized spacial score (nSPS) is 11.0. The Morgan fingerprint density at radius 1 is 1.00 bits per heavy atom. The first-order chi connectivity index (χ1) is 9.96. The maximum absolute atomic E-state index is 12.4. The monoisotopic (exact) mass is 308 g/mol. The maximum atomic E-state index is 12.4. The number of anilines is 2. The Labute approximate surface area is 123 Å². The lowest BCUT2D eigenvalue weighted by molar-refractivity contribution is 0.403. The second-order valence-corrected chi connectivity index (χ2v) is 5.90. The number of benzene rings is 2. The van der Waals surface area contributed by atoms with E-state index in [9.17, 15) is 8.42 Å². The van der Waals surface area contributed by atoms with E-state index >= 15 is 0 Å². The average molecular weight is 308 g/mol. The molecule has 0 spiro atoms. The second kappa shape index (κ2) is 5.92. The van der Waals surface area contributed by atoms with E-state index in [4.69, 9.17) is 15.2 Å². The summed E-state index contributed by atoms with van der Waals surface area (Å²) in [6.07, 6.45) is 0. The molecule has 0 radical (unpaired) electrons. The van der Waals surface area contributed by atoms with E-state index in [-0.39, 0.29) is 10.6 Å². The number of nitrogens with one attached hydrogen (secondary N) is 1. The van der Waals surface area contributed by atoms with Crippen molar-refractivity contribution in [1.29, 1.82) is 0 Å². The molecule has 0 atom stereocenters. The summed E-state index contributed by atoms with van der Waals surface area (Å²) in [7, 11) is -0.855. The minimum Gasteiger partial charge on any atom is -0.497 e. The number of ether oxygens (including phenoxy) is 2. The lowest BCUT2D eigenvalue weighted by Crippen LogP contribution is -2.14. The summed E-state index contributed by atoms with van der Waals surface area (Å²) in [5.74, 6) is 0.865. The first kappa shape index (κ1) is 15.0. The van der Waals surface area contributed by atoms with Crippen molar-refractivity contribution in [2.75, 3.05) is 24.7 Å². The van der Waals surface area contributed by atoms with Crippen LogP contribution in [0.5, 0.6) is 11.5 Å². The second-order valence-electron chi connectivity index (χ2n) is 4.24. The zero-order valence-corrected chi connectivity index (χ0v) is 12.5. The first-order valence-electron chi connectivity index (χ1n) is 6.06. The van der Waals surface area contributed by atoms with Crippen molar-refractivity contribution < 1.29 is 17.9 Å². The molecule has 0 aromatic heterocycles. The van der Waals surface area contributed by atoms with Gasteiger partial charge in [0.1, 0.15) is 16.4 Å². The Bertz CT molecular complexity index is 727.